The van der Waals surface area contributed by atoms with E-state index in [9.17, 15) is 9.90 Å². The van der Waals surface area contributed by atoms with Crippen LogP contribution < -0.4 is 10.1 Å². The van der Waals surface area contributed by atoms with Gasteiger partial charge in [-0.15, -0.1) is 0 Å². The molecule has 0 unspecified atom stereocenters. The second-order valence-corrected chi connectivity index (χ2v) is 6.73. The number of ether oxygens (including phenoxy) is 1. The first-order valence-corrected chi connectivity index (χ1v) is 7.33. The van der Waals surface area contributed by atoms with Crippen LogP contribution in [-0.2, 0) is 4.79 Å². The first-order valence-electron chi connectivity index (χ1n) is 7.33. The van der Waals surface area contributed by atoms with Gasteiger partial charge in [0, 0.05) is 12.6 Å². The number of nitrogens with zero attached hydrogens (tertiary/aromatic N) is 1. The normalized spacial score (nSPS) is 20.0. The molecule has 1 aliphatic carbocycles. The number of nitrogens with one attached hydrogen (secondary N) is 1. The number of aliphatic hydroxyl groups is 1. The molecule has 118 valence electrons. The summed E-state index contributed by atoms with van der Waals surface area (Å²) in [7, 11) is 0. The van der Waals surface area contributed by atoms with Crippen molar-refractivity contribution in [2.24, 2.45) is 5.41 Å². The molecule has 1 aromatic rings. The number of aromatic nitrogens is 1. The van der Waals surface area contributed by atoms with Crippen LogP contribution in [0.25, 0.3) is 0 Å². The molecule has 0 spiro atoms. The van der Waals surface area contributed by atoms with Crippen molar-refractivity contribution in [3.05, 3.63) is 11.8 Å². The zero-order chi connectivity index (χ0) is 15.5. The summed E-state index contributed by atoms with van der Waals surface area (Å²) < 4.78 is 10.0. The third-order valence-electron chi connectivity index (χ3n) is 4.11. The van der Waals surface area contributed by atoms with Crippen LogP contribution in [0.3, 0.4) is 0 Å². The molecule has 1 amide bonds. The summed E-state index contributed by atoms with van der Waals surface area (Å²) in [5.41, 5.74) is -0.514. The highest BCUT2D eigenvalue weighted by Crippen LogP contribution is 2.39. The summed E-state index contributed by atoms with van der Waals surface area (Å²) in [5, 5.41) is 16.8. The van der Waals surface area contributed by atoms with Crippen molar-refractivity contribution in [2.75, 3.05) is 13.2 Å². The zero-order valence-corrected chi connectivity index (χ0v) is 12.9. The zero-order valence-electron chi connectivity index (χ0n) is 12.9. The van der Waals surface area contributed by atoms with Crippen molar-refractivity contribution in [3.8, 4) is 5.88 Å². The van der Waals surface area contributed by atoms with Gasteiger partial charge in [-0.05, 0) is 43.2 Å². The highest BCUT2D eigenvalue weighted by molar-refractivity contribution is 5.77. The SMILES string of the molecule is Cc1cc(OCC(=O)NCC2(O)CCC(C)(C)CC2)no1. The Kier molecular flexibility index (Phi) is 4.56. The van der Waals surface area contributed by atoms with Gasteiger partial charge in [0.25, 0.3) is 11.8 Å². The predicted molar refractivity (Wildman–Crippen MR) is 76.9 cm³/mol. The fourth-order valence-corrected chi connectivity index (χ4v) is 2.43. The molecule has 0 aliphatic heterocycles. The van der Waals surface area contributed by atoms with E-state index in [1.54, 1.807) is 13.0 Å². The minimum Gasteiger partial charge on any atom is -0.465 e. The van der Waals surface area contributed by atoms with Gasteiger partial charge in [-0.1, -0.05) is 13.8 Å². The van der Waals surface area contributed by atoms with Gasteiger partial charge in [0.1, 0.15) is 5.76 Å². The molecular weight excluding hydrogens is 272 g/mol. The fourth-order valence-electron chi connectivity index (χ4n) is 2.43. The lowest BCUT2D eigenvalue weighted by Crippen LogP contribution is -2.47. The summed E-state index contributed by atoms with van der Waals surface area (Å²) in [6.45, 7) is 6.30. The summed E-state index contributed by atoms with van der Waals surface area (Å²) in [4.78, 5) is 11.7. The number of hydrogen-bond acceptors (Lipinski definition) is 5. The topological polar surface area (TPSA) is 84.6 Å². The van der Waals surface area contributed by atoms with Crippen molar-refractivity contribution in [3.63, 3.8) is 0 Å². The highest BCUT2D eigenvalue weighted by atomic mass is 16.5. The summed E-state index contributed by atoms with van der Waals surface area (Å²) in [6, 6.07) is 1.62. The Morgan fingerprint density at radius 3 is 2.67 bits per heavy atom. The maximum atomic E-state index is 11.7. The molecular formula is C15H24N2O4. The molecule has 1 fully saturated rings. The largest absolute Gasteiger partial charge is 0.465 e. The van der Waals surface area contributed by atoms with E-state index in [1.165, 1.54) is 0 Å². The van der Waals surface area contributed by atoms with Gasteiger partial charge in [-0.2, -0.15) is 0 Å². The molecule has 1 heterocycles. The van der Waals surface area contributed by atoms with E-state index in [4.69, 9.17) is 9.26 Å². The van der Waals surface area contributed by atoms with E-state index in [2.05, 4.69) is 24.3 Å². The lowest BCUT2D eigenvalue weighted by molar-refractivity contribution is -0.125. The standard InChI is InChI=1S/C15H24N2O4/c1-11-8-13(17-21-11)20-9-12(18)16-10-15(19)6-4-14(2,3)5-7-15/h8,19H,4-7,9-10H2,1-3H3,(H,16,18). The van der Waals surface area contributed by atoms with Crippen LogP contribution >= 0.6 is 0 Å². The van der Waals surface area contributed by atoms with Gasteiger partial charge in [0.2, 0.25) is 0 Å². The molecule has 0 saturated heterocycles. The molecule has 6 nitrogen and oxygen atoms in total. The summed E-state index contributed by atoms with van der Waals surface area (Å²) in [5.74, 6) is 0.652. The highest BCUT2D eigenvalue weighted by Gasteiger charge is 2.36. The van der Waals surface area contributed by atoms with Crippen LogP contribution in [0.1, 0.15) is 45.3 Å². The fraction of sp³-hybridized carbons (Fsp3) is 0.733. The van der Waals surface area contributed by atoms with E-state index < -0.39 is 5.60 Å². The van der Waals surface area contributed by atoms with Crippen molar-refractivity contribution in [1.29, 1.82) is 0 Å². The number of hydrogen-bond donors (Lipinski definition) is 2. The van der Waals surface area contributed by atoms with Gasteiger partial charge in [-0.25, -0.2) is 0 Å². The lowest BCUT2D eigenvalue weighted by atomic mass is 9.71. The van der Waals surface area contributed by atoms with Crippen molar-refractivity contribution in [1.82, 2.24) is 10.5 Å². The Bertz CT molecular complexity index is 486. The maximum Gasteiger partial charge on any atom is 0.258 e. The van der Waals surface area contributed by atoms with Crippen LogP contribution in [0.2, 0.25) is 0 Å². The van der Waals surface area contributed by atoms with E-state index in [1.807, 2.05) is 0 Å². The monoisotopic (exact) mass is 296 g/mol. The van der Waals surface area contributed by atoms with Gasteiger partial charge in [0.05, 0.1) is 5.60 Å². The first-order chi connectivity index (χ1) is 9.78. The number of carbonyl (C=O) groups excluding carboxylic acids is 1. The minimum atomic E-state index is -0.796. The first kappa shape index (κ1) is 15.8. The molecule has 6 heteroatoms. The van der Waals surface area contributed by atoms with E-state index in [-0.39, 0.29) is 24.5 Å². The Morgan fingerprint density at radius 1 is 1.43 bits per heavy atom. The summed E-state index contributed by atoms with van der Waals surface area (Å²) >= 11 is 0. The van der Waals surface area contributed by atoms with Crippen LogP contribution in [0.15, 0.2) is 10.6 Å². The van der Waals surface area contributed by atoms with Gasteiger partial charge >= 0.3 is 0 Å². The van der Waals surface area contributed by atoms with Crippen LogP contribution in [0, 0.1) is 12.3 Å². The third-order valence-corrected chi connectivity index (χ3v) is 4.11. The molecule has 2 N–H and O–H groups in total. The second-order valence-electron chi connectivity index (χ2n) is 6.73. The molecule has 0 bridgehead atoms. The average Bonchev–Trinajstić information content (AvgIpc) is 2.84. The van der Waals surface area contributed by atoms with Gasteiger partial charge in [0.15, 0.2) is 6.61 Å². The van der Waals surface area contributed by atoms with E-state index in [0.29, 0.717) is 24.5 Å². The van der Waals surface area contributed by atoms with Crippen LogP contribution in [0.4, 0.5) is 0 Å². The molecule has 2 rings (SSSR count). The number of rotatable bonds is 5. The predicted octanol–water partition coefficient (Wildman–Crippen LogP) is 1.81. The maximum absolute atomic E-state index is 11.7. The van der Waals surface area contributed by atoms with E-state index in [0.717, 1.165) is 12.8 Å². The molecule has 0 atom stereocenters. The molecule has 1 aromatic heterocycles. The number of amides is 1. The third kappa shape index (κ3) is 4.74. The summed E-state index contributed by atoms with van der Waals surface area (Å²) in [6.07, 6.45) is 3.36. The van der Waals surface area contributed by atoms with Crippen molar-refractivity contribution < 1.29 is 19.2 Å². The Labute approximate surface area is 124 Å². The Morgan fingerprint density at radius 2 is 2.10 bits per heavy atom. The number of carbonyl (C=O) groups is 1. The van der Waals surface area contributed by atoms with Crippen LogP contribution in [-0.4, -0.2) is 34.9 Å². The molecule has 0 radical (unpaired) electrons. The average molecular weight is 296 g/mol. The number of aryl methyl sites for hydroxylation is 1. The molecule has 1 aliphatic rings. The Balaban J connectivity index is 1.71. The Hall–Kier alpha value is -1.56. The van der Waals surface area contributed by atoms with Gasteiger partial charge in [-0.3, -0.25) is 4.79 Å². The smallest absolute Gasteiger partial charge is 0.258 e. The van der Waals surface area contributed by atoms with Crippen molar-refractivity contribution >= 4 is 5.91 Å². The lowest BCUT2D eigenvalue weighted by Gasteiger charge is -2.40. The van der Waals surface area contributed by atoms with Gasteiger partial charge < -0.3 is 19.7 Å². The van der Waals surface area contributed by atoms with E-state index >= 15 is 0 Å². The van der Waals surface area contributed by atoms with Crippen LogP contribution in [0.5, 0.6) is 5.88 Å². The minimum absolute atomic E-state index is 0.131. The van der Waals surface area contributed by atoms with Crippen molar-refractivity contribution in [2.45, 2.75) is 52.1 Å². The molecule has 0 aromatic carbocycles. The molecule has 1 saturated carbocycles. The second kappa shape index (κ2) is 6.05. The molecule has 21 heavy (non-hydrogen) atoms. The quantitative estimate of drug-likeness (QED) is 0.865.